The number of benzene rings is 3. The van der Waals surface area contributed by atoms with E-state index in [4.69, 9.17) is 9.47 Å². The summed E-state index contributed by atoms with van der Waals surface area (Å²) in [5, 5.41) is 14.4. The highest BCUT2D eigenvalue weighted by molar-refractivity contribution is 9.10. The number of alkyl carbamates (subject to hydrolysis) is 1. The molecule has 0 saturated carbocycles. The van der Waals surface area contributed by atoms with E-state index < -0.39 is 24.1 Å². The normalized spacial score (nSPS) is 12.9. The van der Waals surface area contributed by atoms with Gasteiger partial charge in [0.1, 0.15) is 6.61 Å². The topological polar surface area (TPSA) is 114 Å². The van der Waals surface area contributed by atoms with Gasteiger partial charge in [-0.15, -0.1) is 0 Å². The third kappa shape index (κ3) is 5.36. The Labute approximate surface area is 210 Å². The Kier molecular flexibility index (Phi) is 7.48. The summed E-state index contributed by atoms with van der Waals surface area (Å²) >= 11 is 3.16. The average molecular weight is 539 g/mol. The maximum Gasteiger partial charge on any atom is 0.407 e. The number of carboxylic acid groups (broad SMARTS) is 1. The molecule has 0 bridgehead atoms. The lowest BCUT2D eigenvalue weighted by Gasteiger charge is -2.18. The van der Waals surface area contributed by atoms with E-state index in [0.29, 0.717) is 10.2 Å². The Morgan fingerprint density at radius 2 is 1.63 bits per heavy atom. The second-order valence-corrected chi connectivity index (χ2v) is 8.77. The fourth-order valence-electron chi connectivity index (χ4n) is 4.10. The molecule has 0 spiro atoms. The number of aromatic carboxylic acids is 1. The van der Waals surface area contributed by atoms with Gasteiger partial charge in [0.05, 0.1) is 12.1 Å². The number of carbonyl (C=O) groups excluding carboxylic acids is 2. The van der Waals surface area contributed by atoms with E-state index in [1.807, 2.05) is 36.4 Å². The predicted octanol–water partition coefficient (Wildman–Crippen LogP) is 4.64. The smallest absolute Gasteiger partial charge is 0.407 e. The number of hydrogen-bond acceptors (Lipinski definition) is 5. The Morgan fingerprint density at radius 3 is 2.23 bits per heavy atom. The van der Waals surface area contributed by atoms with Gasteiger partial charge in [0, 0.05) is 23.2 Å². The first-order valence-corrected chi connectivity index (χ1v) is 11.6. The monoisotopic (exact) mass is 538 g/mol. The molecule has 3 N–H and O–H groups in total. The van der Waals surface area contributed by atoms with Crippen molar-refractivity contribution in [2.24, 2.45) is 0 Å². The number of methoxy groups -OCH3 is 1. The summed E-state index contributed by atoms with van der Waals surface area (Å²) in [5.41, 5.74) is 4.77. The first-order chi connectivity index (χ1) is 16.9. The molecule has 3 aromatic carbocycles. The minimum absolute atomic E-state index is 0.00790. The highest BCUT2D eigenvalue weighted by Crippen LogP contribution is 2.44. The van der Waals surface area contributed by atoms with Crippen molar-refractivity contribution in [3.8, 4) is 11.1 Å². The minimum Gasteiger partial charge on any atom is -0.478 e. The summed E-state index contributed by atoms with van der Waals surface area (Å²) in [7, 11) is 1.34. The van der Waals surface area contributed by atoms with Crippen LogP contribution >= 0.6 is 15.9 Å². The molecular formula is C26H23BrN2O6. The molecule has 2 amide bonds. The number of hydrogen-bond donors (Lipinski definition) is 3. The van der Waals surface area contributed by atoms with E-state index in [0.717, 1.165) is 22.3 Å². The van der Waals surface area contributed by atoms with Gasteiger partial charge in [0.2, 0.25) is 0 Å². The molecule has 0 aromatic heterocycles. The van der Waals surface area contributed by atoms with Crippen molar-refractivity contribution >= 4 is 39.6 Å². The summed E-state index contributed by atoms with van der Waals surface area (Å²) < 4.78 is 11.1. The van der Waals surface area contributed by atoms with Gasteiger partial charge in [-0.2, -0.15) is 0 Å². The average Bonchev–Trinajstić information content (AvgIpc) is 3.18. The quantitative estimate of drug-likeness (QED) is 0.385. The molecule has 0 aliphatic heterocycles. The number of anilines is 1. The van der Waals surface area contributed by atoms with E-state index in [1.165, 1.54) is 19.2 Å². The van der Waals surface area contributed by atoms with Gasteiger partial charge in [-0.1, -0.05) is 48.5 Å². The number of amides is 2. The molecule has 1 atom stereocenters. The Balaban J connectivity index is 1.33. The van der Waals surface area contributed by atoms with Gasteiger partial charge in [-0.3, -0.25) is 4.79 Å². The van der Waals surface area contributed by atoms with Crippen LogP contribution in [0, 0.1) is 0 Å². The van der Waals surface area contributed by atoms with Crippen molar-refractivity contribution < 1.29 is 29.0 Å². The third-order valence-electron chi connectivity index (χ3n) is 5.82. The van der Waals surface area contributed by atoms with Gasteiger partial charge in [-0.05, 0) is 56.4 Å². The van der Waals surface area contributed by atoms with Crippen molar-refractivity contribution in [2.45, 2.75) is 12.0 Å². The highest BCUT2D eigenvalue weighted by Gasteiger charge is 2.29. The lowest BCUT2D eigenvalue weighted by atomic mass is 9.98. The van der Waals surface area contributed by atoms with Crippen molar-refractivity contribution in [1.82, 2.24) is 5.32 Å². The van der Waals surface area contributed by atoms with Crippen LogP contribution in [0.4, 0.5) is 10.5 Å². The number of fused-ring (bicyclic) bond motifs is 3. The number of nitrogens with one attached hydrogen (secondary N) is 2. The number of ether oxygens (including phenoxy) is 2. The number of halogens is 1. The zero-order chi connectivity index (χ0) is 24.9. The Morgan fingerprint density at radius 1 is 1.00 bits per heavy atom. The van der Waals surface area contributed by atoms with Gasteiger partial charge < -0.3 is 25.2 Å². The summed E-state index contributed by atoms with van der Waals surface area (Å²) in [6.45, 7) is 0.0296. The van der Waals surface area contributed by atoms with Crippen molar-refractivity contribution in [3.05, 3.63) is 87.9 Å². The van der Waals surface area contributed by atoms with Crippen molar-refractivity contribution in [2.75, 3.05) is 25.6 Å². The van der Waals surface area contributed by atoms with Crippen LogP contribution in [0.3, 0.4) is 0 Å². The van der Waals surface area contributed by atoms with Gasteiger partial charge in [0.15, 0.2) is 6.10 Å². The molecule has 35 heavy (non-hydrogen) atoms. The van der Waals surface area contributed by atoms with Crippen LogP contribution in [0.15, 0.2) is 71.2 Å². The fourth-order valence-corrected chi connectivity index (χ4v) is 4.51. The lowest BCUT2D eigenvalue weighted by Crippen LogP contribution is -2.41. The van der Waals surface area contributed by atoms with Crippen LogP contribution in [-0.2, 0) is 14.3 Å². The zero-order valence-electron chi connectivity index (χ0n) is 18.8. The molecule has 1 unspecified atom stereocenters. The lowest BCUT2D eigenvalue weighted by molar-refractivity contribution is -0.125. The molecule has 0 heterocycles. The number of carbonyl (C=O) groups is 3. The van der Waals surface area contributed by atoms with Crippen LogP contribution in [0.2, 0.25) is 0 Å². The summed E-state index contributed by atoms with van der Waals surface area (Å²) in [5.74, 6) is -1.74. The summed E-state index contributed by atoms with van der Waals surface area (Å²) in [4.78, 5) is 36.3. The van der Waals surface area contributed by atoms with Crippen molar-refractivity contribution in [1.29, 1.82) is 0 Å². The number of carboxylic acids is 1. The molecule has 8 nitrogen and oxygen atoms in total. The Bertz CT molecular complexity index is 1230. The fraction of sp³-hybridized carbons (Fsp3) is 0.192. The van der Waals surface area contributed by atoms with E-state index in [2.05, 4.69) is 38.7 Å². The second kappa shape index (κ2) is 10.7. The Hall–Kier alpha value is -3.69. The van der Waals surface area contributed by atoms with Gasteiger partial charge in [-0.25, -0.2) is 9.59 Å². The molecular weight excluding hydrogens is 516 g/mol. The number of rotatable bonds is 8. The van der Waals surface area contributed by atoms with E-state index in [1.54, 1.807) is 6.07 Å². The molecule has 1 aliphatic rings. The highest BCUT2D eigenvalue weighted by atomic mass is 79.9. The molecule has 0 fully saturated rings. The van der Waals surface area contributed by atoms with E-state index in [-0.39, 0.29) is 24.6 Å². The molecule has 0 radical (unpaired) electrons. The van der Waals surface area contributed by atoms with Crippen molar-refractivity contribution in [3.63, 3.8) is 0 Å². The largest absolute Gasteiger partial charge is 0.478 e. The van der Waals surface area contributed by atoms with Gasteiger partial charge >= 0.3 is 12.1 Å². The first kappa shape index (κ1) is 24.4. The van der Waals surface area contributed by atoms with Crippen LogP contribution < -0.4 is 10.6 Å². The minimum atomic E-state index is -1.13. The zero-order valence-corrected chi connectivity index (χ0v) is 20.4. The molecule has 9 heteroatoms. The molecule has 0 saturated heterocycles. The molecule has 4 rings (SSSR count). The third-order valence-corrected chi connectivity index (χ3v) is 6.51. The second-order valence-electron chi connectivity index (χ2n) is 7.92. The molecule has 1 aliphatic carbocycles. The maximum absolute atomic E-state index is 12.6. The molecule has 180 valence electrons. The first-order valence-electron chi connectivity index (χ1n) is 10.8. The van der Waals surface area contributed by atoms with Crippen LogP contribution in [0.1, 0.15) is 27.4 Å². The van der Waals surface area contributed by atoms with Crippen LogP contribution in [-0.4, -0.2) is 49.4 Å². The molecule has 3 aromatic rings. The standard InChI is InChI=1S/C26H23BrN2O6/c1-34-23(24(30)29-15-10-11-22(27)20(12-15)25(31)32)13-28-26(33)35-14-21-18-8-4-2-6-16(18)17-7-3-5-9-19(17)21/h2-12,21,23H,13-14H2,1H3,(H,28,33)(H,29,30)(H,31,32). The van der Waals surface area contributed by atoms with Crippen LogP contribution in [0.25, 0.3) is 11.1 Å². The van der Waals surface area contributed by atoms with E-state index in [9.17, 15) is 19.5 Å². The van der Waals surface area contributed by atoms with E-state index >= 15 is 0 Å². The summed E-state index contributed by atoms with van der Waals surface area (Å²) in [6, 6.07) is 20.5. The van der Waals surface area contributed by atoms with Gasteiger partial charge in [0.25, 0.3) is 5.91 Å². The summed E-state index contributed by atoms with van der Waals surface area (Å²) in [6.07, 6.45) is -1.68. The predicted molar refractivity (Wildman–Crippen MR) is 134 cm³/mol. The van der Waals surface area contributed by atoms with Crippen LogP contribution in [0.5, 0.6) is 0 Å². The SMILES string of the molecule is COC(CNC(=O)OCC1c2ccccc2-c2ccccc21)C(=O)Nc1ccc(Br)c(C(=O)O)c1. The maximum atomic E-state index is 12.6.